The first-order chi connectivity index (χ1) is 16.6. The van der Waals surface area contributed by atoms with Crippen molar-refractivity contribution >= 4 is 11.8 Å². The lowest BCUT2D eigenvalue weighted by atomic mass is 9.86. The van der Waals surface area contributed by atoms with E-state index in [-0.39, 0.29) is 23.5 Å². The molecule has 0 aromatic heterocycles. The number of halogens is 1. The van der Waals surface area contributed by atoms with Gasteiger partial charge in [0.2, 0.25) is 11.8 Å². The van der Waals surface area contributed by atoms with Gasteiger partial charge in [-0.05, 0) is 43.0 Å². The summed E-state index contributed by atoms with van der Waals surface area (Å²) in [6, 6.07) is 22.0. The Kier molecular flexibility index (Phi) is 6.30. The van der Waals surface area contributed by atoms with Crippen LogP contribution in [0.5, 0.6) is 11.5 Å². The topological polar surface area (TPSA) is 58.6 Å². The van der Waals surface area contributed by atoms with Crippen LogP contribution in [0, 0.1) is 11.7 Å². The van der Waals surface area contributed by atoms with Crippen molar-refractivity contribution in [2.24, 2.45) is 5.92 Å². The van der Waals surface area contributed by atoms with Crippen molar-refractivity contribution in [3.05, 3.63) is 95.3 Å². The molecule has 5 rings (SSSR count). The third-order valence-electron chi connectivity index (χ3n) is 6.76. The highest BCUT2D eigenvalue weighted by molar-refractivity contribution is 5.90. The first-order valence-corrected chi connectivity index (χ1v) is 11.8. The van der Waals surface area contributed by atoms with Crippen LogP contribution in [0.25, 0.3) is 0 Å². The minimum absolute atomic E-state index is 0.0230. The van der Waals surface area contributed by atoms with E-state index in [1.807, 2.05) is 53.4 Å². The maximum atomic E-state index is 13.8. The molecule has 1 N–H and O–H groups in total. The molecule has 3 aromatic rings. The Labute approximate surface area is 198 Å². The van der Waals surface area contributed by atoms with Gasteiger partial charge in [-0.2, -0.15) is 0 Å². The zero-order valence-electron chi connectivity index (χ0n) is 18.9. The largest absolute Gasteiger partial charge is 0.457 e. The molecule has 3 aromatic carbocycles. The number of nitrogens with one attached hydrogen (secondary N) is 1. The Morgan fingerprint density at radius 1 is 0.882 bits per heavy atom. The molecule has 0 spiro atoms. The molecule has 1 fully saturated rings. The van der Waals surface area contributed by atoms with E-state index in [4.69, 9.17) is 4.74 Å². The quantitative estimate of drug-likeness (QED) is 0.605. The van der Waals surface area contributed by atoms with Crippen molar-refractivity contribution in [1.29, 1.82) is 0 Å². The van der Waals surface area contributed by atoms with E-state index in [0.717, 1.165) is 11.1 Å². The number of carbonyl (C=O) groups is 2. The van der Waals surface area contributed by atoms with Crippen LogP contribution in [0.15, 0.2) is 72.8 Å². The number of hydrogen-bond acceptors (Lipinski definition) is 3. The summed E-state index contributed by atoms with van der Waals surface area (Å²) in [6.07, 6.45) is 1.69. The SMILES string of the molecule is O=C(NCCc1ccccc1F)C1CCN(C(=O)C2c3ccccc3Oc3ccccc32)CC1. The second-order valence-electron chi connectivity index (χ2n) is 8.84. The fourth-order valence-electron chi connectivity index (χ4n) is 4.89. The highest BCUT2D eigenvalue weighted by atomic mass is 19.1. The maximum Gasteiger partial charge on any atom is 0.234 e. The van der Waals surface area contributed by atoms with Gasteiger partial charge in [0.25, 0.3) is 0 Å². The molecule has 174 valence electrons. The van der Waals surface area contributed by atoms with E-state index in [1.165, 1.54) is 6.07 Å². The van der Waals surface area contributed by atoms with E-state index in [9.17, 15) is 14.0 Å². The summed E-state index contributed by atoms with van der Waals surface area (Å²) < 4.78 is 19.8. The molecule has 1 saturated heterocycles. The maximum absolute atomic E-state index is 13.8. The minimum atomic E-state index is -0.410. The first-order valence-electron chi connectivity index (χ1n) is 11.8. The fraction of sp³-hybridized carbons (Fsp3) is 0.286. The van der Waals surface area contributed by atoms with Crippen molar-refractivity contribution < 1.29 is 18.7 Å². The molecule has 0 saturated carbocycles. The van der Waals surface area contributed by atoms with Crippen LogP contribution in [0.1, 0.15) is 35.4 Å². The van der Waals surface area contributed by atoms with Crippen LogP contribution in [0.3, 0.4) is 0 Å². The number of piperidine rings is 1. The molecular weight excluding hydrogens is 431 g/mol. The van der Waals surface area contributed by atoms with E-state index in [0.29, 0.717) is 56.0 Å². The number of ether oxygens (including phenoxy) is 1. The highest BCUT2D eigenvalue weighted by Crippen LogP contribution is 2.44. The lowest BCUT2D eigenvalue weighted by molar-refractivity contribution is -0.136. The molecular formula is C28H27FN2O3. The number of nitrogens with zero attached hydrogens (tertiary/aromatic N) is 1. The van der Waals surface area contributed by atoms with Crippen LogP contribution in [-0.4, -0.2) is 36.3 Å². The van der Waals surface area contributed by atoms with Gasteiger partial charge in [-0.1, -0.05) is 54.6 Å². The number of fused-ring (bicyclic) bond motifs is 2. The van der Waals surface area contributed by atoms with Crippen LogP contribution in [0.2, 0.25) is 0 Å². The summed E-state index contributed by atoms with van der Waals surface area (Å²) in [4.78, 5) is 28.2. The summed E-state index contributed by atoms with van der Waals surface area (Å²) >= 11 is 0. The molecule has 0 radical (unpaired) electrons. The van der Waals surface area contributed by atoms with Gasteiger partial charge < -0.3 is 15.0 Å². The molecule has 34 heavy (non-hydrogen) atoms. The number of rotatable bonds is 5. The third kappa shape index (κ3) is 4.40. The second kappa shape index (κ2) is 9.67. The molecule has 0 aliphatic carbocycles. The Hall–Kier alpha value is -3.67. The molecule has 6 heteroatoms. The van der Waals surface area contributed by atoms with Gasteiger partial charge in [-0.15, -0.1) is 0 Å². The number of para-hydroxylation sites is 2. The summed E-state index contributed by atoms with van der Waals surface area (Å²) in [7, 11) is 0. The van der Waals surface area contributed by atoms with Gasteiger partial charge in [0, 0.05) is 36.7 Å². The second-order valence-corrected chi connectivity index (χ2v) is 8.84. The molecule has 2 amide bonds. The van der Waals surface area contributed by atoms with Gasteiger partial charge in [0.15, 0.2) is 0 Å². The van der Waals surface area contributed by atoms with Crippen molar-refractivity contribution in [2.45, 2.75) is 25.2 Å². The van der Waals surface area contributed by atoms with Crippen LogP contribution in [0.4, 0.5) is 4.39 Å². The summed E-state index contributed by atoms with van der Waals surface area (Å²) in [6.45, 7) is 1.46. The smallest absolute Gasteiger partial charge is 0.234 e. The predicted octanol–water partition coefficient (Wildman–Crippen LogP) is 4.66. The molecule has 0 bridgehead atoms. The Morgan fingerprint density at radius 2 is 1.47 bits per heavy atom. The Bertz CT molecular complexity index is 1160. The average molecular weight is 459 g/mol. The number of amides is 2. The van der Waals surface area contributed by atoms with Crippen molar-refractivity contribution in [1.82, 2.24) is 10.2 Å². The third-order valence-corrected chi connectivity index (χ3v) is 6.76. The summed E-state index contributed by atoms with van der Waals surface area (Å²) in [5.41, 5.74) is 2.35. The van der Waals surface area contributed by atoms with E-state index >= 15 is 0 Å². The standard InChI is InChI=1S/C28H27FN2O3/c29-23-10-4-1-7-19(23)13-16-30-27(32)20-14-17-31(18-15-20)28(33)26-21-8-2-5-11-24(21)34-25-12-6-3-9-22(25)26/h1-12,20,26H,13-18H2,(H,30,32). The van der Waals surface area contributed by atoms with Crippen LogP contribution in [-0.2, 0) is 16.0 Å². The van der Waals surface area contributed by atoms with Crippen molar-refractivity contribution in [2.75, 3.05) is 19.6 Å². The average Bonchev–Trinajstić information content (AvgIpc) is 2.88. The Morgan fingerprint density at radius 3 is 2.12 bits per heavy atom. The zero-order valence-corrected chi connectivity index (χ0v) is 18.9. The van der Waals surface area contributed by atoms with Gasteiger partial charge in [0.1, 0.15) is 17.3 Å². The molecule has 2 aliphatic rings. The van der Waals surface area contributed by atoms with E-state index < -0.39 is 5.92 Å². The highest BCUT2D eigenvalue weighted by Gasteiger charge is 2.37. The minimum Gasteiger partial charge on any atom is -0.457 e. The van der Waals surface area contributed by atoms with Crippen LogP contribution >= 0.6 is 0 Å². The molecule has 5 nitrogen and oxygen atoms in total. The van der Waals surface area contributed by atoms with Gasteiger partial charge >= 0.3 is 0 Å². The predicted molar refractivity (Wildman–Crippen MR) is 127 cm³/mol. The summed E-state index contributed by atoms with van der Waals surface area (Å²) in [5.74, 6) is 0.644. The molecule has 2 aliphatic heterocycles. The fourth-order valence-corrected chi connectivity index (χ4v) is 4.89. The van der Waals surface area contributed by atoms with E-state index in [2.05, 4.69) is 5.32 Å². The number of benzene rings is 3. The van der Waals surface area contributed by atoms with E-state index in [1.54, 1.807) is 18.2 Å². The number of likely N-dealkylation sites (tertiary alicyclic amines) is 1. The number of hydrogen-bond donors (Lipinski definition) is 1. The molecule has 0 atom stereocenters. The lowest BCUT2D eigenvalue weighted by Gasteiger charge is -2.36. The molecule has 2 heterocycles. The number of carbonyl (C=O) groups excluding carboxylic acids is 2. The zero-order chi connectivity index (χ0) is 23.5. The lowest BCUT2D eigenvalue weighted by Crippen LogP contribution is -2.45. The Balaban J connectivity index is 1.20. The van der Waals surface area contributed by atoms with Crippen molar-refractivity contribution in [3.8, 4) is 11.5 Å². The van der Waals surface area contributed by atoms with Gasteiger partial charge in [0.05, 0.1) is 5.92 Å². The van der Waals surface area contributed by atoms with Crippen molar-refractivity contribution in [3.63, 3.8) is 0 Å². The normalized spacial score (nSPS) is 15.7. The molecule has 0 unspecified atom stereocenters. The van der Waals surface area contributed by atoms with Gasteiger partial charge in [-0.25, -0.2) is 4.39 Å². The first kappa shape index (κ1) is 22.1. The van der Waals surface area contributed by atoms with Gasteiger partial charge in [-0.3, -0.25) is 9.59 Å². The van der Waals surface area contributed by atoms with Crippen LogP contribution < -0.4 is 10.1 Å². The summed E-state index contributed by atoms with van der Waals surface area (Å²) in [5, 5.41) is 2.94. The monoisotopic (exact) mass is 458 g/mol.